The molecule has 1 atom stereocenters. The van der Waals surface area contributed by atoms with Crippen LogP contribution >= 0.6 is 23.2 Å². The van der Waals surface area contributed by atoms with Crippen molar-refractivity contribution in [3.05, 3.63) is 76.2 Å². The number of carbonyl (C=O) groups is 1. The van der Waals surface area contributed by atoms with Gasteiger partial charge in [-0.05, 0) is 56.4 Å². The van der Waals surface area contributed by atoms with E-state index in [-0.39, 0.29) is 23.9 Å². The molecule has 37 heavy (non-hydrogen) atoms. The smallest absolute Gasteiger partial charge is 0.253 e. The van der Waals surface area contributed by atoms with Crippen molar-refractivity contribution in [2.45, 2.75) is 64.0 Å². The molecule has 1 amide bonds. The van der Waals surface area contributed by atoms with Gasteiger partial charge in [-0.1, -0.05) is 61.3 Å². The number of nitrogens with one attached hydrogen (secondary N) is 2. The Balaban J connectivity index is 1.34. The Bertz CT molecular complexity index is 1410. The van der Waals surface area contributed by atoms with Crippen molar-refractivity contribution in [3.8, 4) is 5.69 Å². The van der Waals surface area contributed by atoms with Crippen LogP contribution < -0.4 is 10.6 Å². The van der Waals surface area contributed by atoms with Crippen molar-refractivity contribution in [1.29, 1.82) is 0 Å². The number of aromatic nitrogens is 4. The van der Waals surface area contributed by atoms with Gasteiger partial charge in [0.2, 0.25) is 0 Å². The molecule has 1 saturated carbocycles. The highest BCUT2D eigenvalue weighted by atomic mass is 35.5. The van der Waals surface area contributed by atoms with Gasteiger partial charge in [0.1, 0.15) is 11.6 Å². The lowest BCUT2D eigenvalue weighted by Gasteiger charge is -2.30. The molecule has 4 aromatic rings. The molecule has 0 aliphatic heterocycles. The number of para-hydroxylation sites is 1. The highest BCUT2D eigenvalue weighted by Crippen LogP contribution is 2.30. The van der Waals surface area contributed by atoms with Gasteiger partial charge < -0.3 is 10.6 Å². The summed E-state index contributed by atoms with van der Waals surface area (Å²) >= 11 is 12.7. The quantitative estimate of drug-likeness (QED) is 0.271. The fraction of sp³-hybridized carbons (Fsp3) is 0.357. The van der Waals surface area contributed by atoms with Crippen LogP contribution in [0.3, 0.4) is 0 Å². The van der Waals surface area contributed by atoms with Gasteiger partial charge >= 0.3 is 0 Å². The summed E-state index contributed by atoms with van der Waals surface area (Å²) in [5.41, 5.74) is 2.04. The van der Waals surface area contributed by atoms with E-state index in [0.717, 1.165) is 60.5 Å². The summed E-state index contributed by atoms with van der Waals surface area (Å²) in [6, 6.07) is 15.1. The monoisotopic (exact) mass is 536 g/mol. The van der Waals surface area contributed by atoms with Crippen LogP contribution in [0, 0.1) is 0 Å². The van der Waals surface area contributed by atoms with Crippen molar-refractivity contribution >= 4 is 46.0 Å². The van der Waals surface area contributed by atoms with Gasteiger partial charge in [0.25, 0.3) is 5.91 Å². The predicted molar refractivity (Wildman–Crippen MR) is 149 cm³/mol. The molecule has 0 spiro atoms. The first-order valence-electron chi connectivity index (χ1n) is 12.8. The summed E-state index contributed by atoms with van der Waals surface area (Å²) < 4.78 is 1.79. The summed E-state index contributed by atoms with van der Waals surface area (Å²) in [6.07, 6.45) is 6.31. The molecule has 5 rings (SSSR count). The summed E-state index contributed by atoms with van der Waals surface area (Å²) in [7, 11) is 0. The average molecular weight is 537 g/mol. The van der Waals surface area contributed by atoms with E-state index in [1.165, 1.54) is 0 Å². The third-order valence-electron chi connectivity index (χ3n) is 7.10. The van der Waals surface area contributed by atoms with Crippen LogP contribution in [-0.2, 0) is 0 Å². The first-order chi connectivity index (χ1) is 17.9. The molecule has 2 N–H and O–H groups in total. The van der Waals surface area contributed by atoms with E-state index in [9.17, 15) is 4.79 Å². The van der Waals surface area contributed by atoms with Crippen LogP contribution in [0.2, 0.25) is 10.0 Å². The second-order valence-corrected chi connectivity index (χ2v) is 10.4. The lowest BCUT2D eigenvalue weighted by Crippen LogP contribution is -2.40. The molecule has 192 valence electrons. The number of carbonyl (C=O) groups excluding carboxylic acids is 1. The summed E-state index contributed by atoms with van der Waals surface area (Å²) in [5, 5.41) is 13.4. The Hall–Kier alpha value is -3.16. The first-order valence-corrected chi connectivity index (χ1v) is 13.5. The summed E-state index contributed by atoms with van der Waals surface area (Å²) in [6.45, 7) is 4.27. The lowest BCUT2D eigenvalue weighted by molar-refractivity contribution is 0.0926. The average Bonchev–Trinajstić information content (AvgIpc) is 3.34. The van der Waals surface area contributed by atoms with E-state index >= 15 is 0 Å². The molecule has 1 aliphatic carbocycles. The van der Waals surface area contributed by atoms with Gasteiger partial charge in [0, 0.05) is 18.0 Å². The van der Waals surface area contributed by atoms with Crippen molar-refractivity contribution in [1.82, 2.24) is 25.1 Å². The van der Waals surface area contributed by atoms with E-state index in [0.29, 0.717) is 15.6 Å². The van der Waals surface area contributed by atoms with E-state index in [1.54, 1.807) is 23.0 Å². The predicted octanol–water partition coefficient (Wildman–Crippen LogP) is 6.79. The number of benzene rings is 2. The molecule has 0 radical (unpaired) electrons. The summed E-state index contributed by atoms with van der Waals surface area (Å²) in [4.78, 5) is 22.5. The molecule has 2 aromatic heterocycles. The Kier molecular flexibility index (Phi) is 7.63. The largest absolute Gasteiger partial charge is 0.367 e. The minimum atomic E-state index is -0.121. The van der Waals surface area contributed by atoms with Crippen LogP contribution in [0.4, 0.5) is 5.82 Å². The molecule has 9 heteroatoms. The fourth-order valence-corrected chi connectivity index (χ4v) is 5.16. The minimum absolute atomic E-state index is 0.117. The molecule has 7 nitrogen and oxygen atoms in total. The Labute approximate surface area is 226 Å². The molecule has 0 unspecified atom stereocenters. The van der Waals surface area contributed by atoms with Gasteiger partial charge in [0.15, 0.2) is 5.65 Å². The molecule has 0 saturated heterocycles. The number of hydrogen-bond acceptors (Lipinski definition) is 5. The number of nitrogens with zero attached hydrogens (tertiary/aromatic N) is 4. The van der Waals surface area contributed by atoms with E-state index < -0.39 is 0 Å². The SMILES string of the molecule is CC[C@H](C)c1nc(NC2CCC(NC(=O)c3ccccc3Cl)CC2)c2cnn(-c3ccccc3Cl)c2n1. The van der Waals surface area contributed by atoms with Crippen LogP contribution in [0.1, 0.15) is 68.1 Å². The van der Waals surface area contributed by atoms with Crippen LogP contribution in [0.25, 0.3) is 16.7 Å². The van der Waals surface area contributed by atoms with Gasteiger partial charge in [-0.25, -0.2) is 14.6 Å². The Morgan fingerprint density at radius 3 is 2.38 bits per heavy atom. The third-order valence-corrected chi connectivity index (χ3v) is 7.75. The van der Waals surface area contributed by atoms with Crippen molar-refractivity contribution in [3.63, 3.8) is 0 Å². The topological polar surface area (TPSA) is 84.7 Å². The van der Waals surface area contributed by atoms with Gasteiger partial charge in [0.05, 0.1) is 32.9 Å². The number of fused-ring (bicyclic) bond motifs is 1. The molecule has 0 bridgehead atoms. The standard InChI is InChI=1S/C28H30Cl2N6O/c1-3-17(2)25-34-26(21-16-31-36(27(21)35-25)24-11-7-6-10-23(24)30)32-18-12-14-19(15-13-18)33-28(37)20-8-4-5-9-22(20)29/h4-11,16-19H,3,12-15H2,1-2H3,(H,33,37)(H,32,34,35)/t17-,18?,19?/m0/s1. The van der Waals surface area contributed by atoms with Crippen LogP contribution in [-0.4, -0.2) is 37.7 Å². The van der Waals surface area contributed by atoms with E-state index in [4.69, 9.17) is 33.2 Å². The molecule has 1 aliphatic rings. The number of anilines is 1. The number of hydrogen-bond donors (Lipinski definition) is 2. The van der Waals surface area contributed by atoms with Gasteiger partial charge in [-0.2, -0.15) is 5.10 Å². The second-order valence-electron chi connectivity index (χ2n) is 9.63. The van der Waals surface area contributed by atoms with Crippen LogP contribution in [0.15, 0.2) is 54.7 Å². The normalized spacial score (nSPS) is 18.5. The van der Waals surface area contributed by atoms with Gasteiger partial charge in [-0.3, -0.25) is 4.79 Å². The fourth-order valence-electron chi connectivity index (χ4n) is 4.72. The minimum Gasteiger partial charge on any atom is -0.367 e. The highest BCUT2D eigenvalue weighted by Gasteiger charge is 2.25. The third kappa shape index (κ3) is 5.43. The molecule has 1 fully saturated rings. The van der Waals surface area contributed by atoms with Crippen LogP contribution in [0.5, 0.6) is 0 Å². The first kappa shape index (κ1) is 25.5. The van der Waals surface area contributed by atoms with E-state index in [1.807, 2.05) is 36.4 Å². The second kappa shape index (κ2) is 11.1. The van der Waals surface area contributed by atoms with Gasteiger partial charge in [-0.15, -0.1) is 0 Å². The zero-order valence-corrected chi connectivity index (χ0v) is 22.4. The number of rotatable bonds is 7. The maximum absolute atomic E-state index is 12.7. The number of amides is 1. The van der Waals surface area contributed by atoms with Crippen molar-refractivity contribution in [2.24, 2.45) is 0 Å². The molecular weight excluding hydrogens is 507 g/mol. The molecule has 2 heterocycles. The van der Waals surface area contributed by atoms with E-state index in [2.05, 4.69) is 29.6 Å². The van der Waals surface area contributed by atoms with Crippen molar-refractivity contribution in [2.75, 3.05) is 5.32 Å². The number of halogens is 2. The zero-order chi connectivity index (χ0) is 25.9. The Morgan fingerprint density at radius 2 is 1.68 bits per heavy atom. The molecule has 2 aromatic carbocycles. The highest BCUT2D eigenvalue weighted by molar-refractivity contribution is 6.33. The Morgan fingerprint density at radius 1 is 1.00 bits per heavy atom. The zero-order valence-electron chi connectivity index (χ0n) is 20.9. The van der Waals surface area contributed by atoms with Crippen molar-refractivity contribution < 1.29 is 4.79 Å². The molecular formula is C28H30Cl2N6O. The maximum Gasteiger partial charge on any atom is 0.253 e. The maximum atomic E-state index is 12.7. The lowest BCUT2D eigenvalue weighted by atomic mass is 9.91. The summed E-state index contributed by atoms with van der Waals surface area (Å²) in [5.74, 6) is 1.66.